The van der Waals surface area contributed by atoms with Crippen molar-refractivity contribution in [2.24, 2.45) is 5.92 Å². The molecule has 1 rings (SSSR count). The molecule has 0 bridgehead atoms. The molecular weight excluding hydrogens is 143 g/mol. The van der Waals surface area contributed by atoms with Gasteiger partial charge in [0.25, 0.3) is 0 Å². The highest BCUT2D eigenvalue weighted by molar-refractivity contribution is 6.11. The molecule has 0 spiro atoms. The van der Waals surface area contributed by atoms with Crippen molar-refractivity contribution in [3.05, 3.63) is 0 Å². The summed E-state index contributed by atoms with van der Waals surface area (Å²) in [5, 5.41) is 17.8. The number of aliphatic hydroxyl groups excluding tert-OH is 1. The zero-order valence-corrected chi connectivity index (χ0v) is 6.66. The lowest BCUT2D eigenvalue weighted by Crippen LogP contribution is -2.16. The fourth-order valence-electron chi connectivity index (χ4n) is 1.82. The number of hydrogen-bond donors (Lipinski definition) is 2. The van der Waals surface area contributed by atoms with Gasteiger partial charge in [-0.25, -0.2) is 0 Å². The molecule has 0 aromatic heterocycles. The smallest absolute Gasteiger partial charge is 0.303 e. The van der Waals surface area contributed by atoms with Gasteiger partial charge in [-0.15, -0.1) is 0 Å². The Morgan fingerprint density at radius 3 is 2.55 bits per heavy atom. The zero-order chi connectivity index (χ0) is 8.43. The average molecular weight is 156 g/mol. The maximum atomic E-state index is 10.3. The molecule has 3 nitrogen and oxygen atoms in total. The summed E-state index contributed by atoms with van der Waals surface area (Å²) >= 11 is 0. The summed E-state index contributed by atoms with van der Waals surface area (Å²) < 4.78 is 0. The van der Waals surface area contributed by atoms with Crippen LogP contribution in [0.4, 0.5) is 0 Å². The molecule has 3 atom stereocenters. The molecule has 4 heteroatoms. The number of carboxylic acids is 1. The molecule has 0 aromatic carbocycles. The second kappa shape index (κ2) is 3.26. The monoisotopic (exact) mass is 156 g/mol. The number of aliphatic carboxylic acids is 1. The molecule has 0 aromatic rings. The Labute approximate surface area is 66.8 Å². The first-order chi connectivity index (χ1) is 5.09. The van der Waals surface area contributed by atoms with Crippen LogP contribution in [0.15, 0.2) is 0 Å². The van der Waals surface area contributed by atoms with Crippen LogP contribution in [0.3, 0.4) is 0 Å². The molecule has 62 valence electrons. The van der Waals surface area contributed by atoms with E-state index in [1.165, 1.54) is 0 Å². The Bertz CT molecular complexity index is 160. The third-order valence-corrected chi connectivity index (χ3v) is 2.33. The minimum atomic E-state index is -0.803. The van der Waals surface area contributed by atoms with E-state index in [4.69, 9.17) is 5.11 Å². The van der Waals surface area contributed by atoms with Gasteiger partial charge in [0.1, 0.15) is 7.85 Å². The van der Waals surface area contributed by atoms with Gasteiger partial charge in [0.2, 0.25) is 0 Å². The van der Waals surface area contributed by atoms with Crippen molar-refractivity contribution in [3.63, 3.8) is 0 Å². The van der Waals surface area contributed by atoms with E-state index < -0.39 is 5.97 Å². The van der Waals surface area contributed by atoms with Crippen molar-refractivity contribution >= 4 is 13.8 Å². The Morgan fingerprint density at radius 2 is 2.18 bits per heavy atom. The first kappa shape index (κ1) is 8.59. The van der Waals surface area contributed by atoms with Crippen LogP contribution >= 0.6 is 0 Å². The summed E-state index contributed by atoms with van der Waals surface area (Å²) in [6.45, 7) is 0. The minimum absolute atomic E-state index is 0.0116. The van der Waals surface area contributed by atoms with E-state index in [0.717, 1.165) is 12.8 Å². The number of carbonyl (C=O) groups is 1. The summed E-state index contributed by atoms with van der Waals surface area (Å²) in [4.78, 5) is 10.3. The van der Waals surface area contributed by atoms with E-state index >= 15 is 0 Å². The molecule has 1 fully saturated rings. The van der Waals surface area contributed by atoms with Gasteiger partial charge in [-0.2, -0.15) is 0 Å². The van der Waals surface area contributed by atoms with E-state index in [2.05, 4.69) is 0 Å². The first-order valence-corrected chi connectivity index (χ1v) is 3.99. The summed E-state index contributed by atoms with van der Waals surface area (Å²) in [5.74, 6) is -0.333. The quantitative estimate of drug-likeness (QED) is 0.537. The van der Waals surface area contributed by atoms with Crippen LogP contribution in [0.2, 0.25) is 5.82 Å². The largest absolute Gasteiger partial charge is 0.481 e. The van der Waals surface area contributed by atoms with Crippen molar-refractivity contribution in [3.8, 4) is 0 Å². The van der Waals surface area contributed by atoms with E-state index in [9.17, 15) is 9.90 Å². The van der Waals surface area contributed by atoms with E-state index in [0.29, 0.717) is 5.82 Å². The van der Waals surface area contributed by atoms with Gasteiger partial charge in [0, 0.05) is 0 Å². The van der Waals surface area contributed by atoms with Crippen molar-refractivity contribution in [1.82, 2.24) is 0 Å². The molecule has 2 N–H and O–H groups in total. The highest BCUT2D eigenvalue weighted by Crippen LogP contribution is 2.35. The van der Waals surface area contributed by atoms with Crippen LogP contribution in [0.5, 0.6) is 0 Å². The average Bonchev–Trinajstić information content (AvgIpc) is 2.09. The molecule has 0 aliphatic heterocycles. The lowest BCUT2D eigenvalue weighted by Gasteiger charge is -2.10. The third-order valence-electron chi connectivity index (χ3n) is 2.33. The van der Waals surface area contributed by atoms with Gasteiger partial charge in [-0.05, 0) is 12.3 Å². The molecule has 0 heterocycles. The van der Waals surface area contributed by atoms with Crippen LogP contribution in [0.1, 0.15) is 19.3 Å². The predicted octanol–water partition coefficient (Wildman–Crippen LogP) is -0.346. The summed E-state index contributed by atoms with van der Waals surface area (Å²) in [6, 6.07) is 0. The van der Waals surface area contributed by atoms with E-state index in [-0.39, 0.29) is 18.4 Å². The topological polar surface area (TPSA) is 57.5 Å². The number of hydrogen-bond acceptors (Lipinski definition) is 2. The van der Waals surface area contributed by atoms with Gasteiger partial charge in [-0.3, -0.25) is 4.79 Å². The normalized spacial score (nSPS) is 37.4. The number of rotatable bonds is 2. The lowest BCUT2D eigenvalue weighted by atomic mass is 9.85. The van der Waals surface area contributed by atoms with Crippen molar-refractivity contribution in [1.29, 1.82) is 0 Å². The molecule has 1 saturated carbocycles. The standard InChI is InChI=1S/C7H13BO3/c8-5-1-4(2-7(10)11)6(9)3-5/h4-6,9H,1-3,8H2,(H,10,11). The highest BCUT2D eigenvalue weighted by Gasteiger charge is 2.31. The first-order valence-electron chi connectivity index (χ1n) is 3.99. The molecule has 3 unspecified atom stereocenters. The van der Waals surface area contributed by atoms with E-state index in [1.807, 2.05) is 7.85 Å². The van der Waals surface area contributed by atoms with Crippen LogP contribution in [0.25, 0.3) is 0 Å². The van der Waals surface area contributed by atoms with Crippen LogP contribution in [-0.2, 0) is 4.79 Å². The second-order valence-corrected chi connectivity index (χ2v) is 3.50. The highest BCUT2D eigenvalue weighted by atomic mass is 16.4. The number of aliphatic hydroxyl groups is 1. The molecule has 0 amide bonds. The Balaban J connectivity index is 2.40. The summed E-state index contributed by atoms with van der Waals surface area (Å²) in [5.41, 5.74) is 0. The second-order valence-electron chi connectivity index (χ2n) is 3.50. The maximum absolute atomic E-state index is 10.3. The van der Waals surface area contributed by atoms with E-state index in [1.54, 1.807) is 0 Å². The van der Waals surface area contributed by atoms with Crippen LogP contribution < -0.4 is 0 Å². The molecule has 1 aliphatic rings. The fraction of sp³-hybridized carbons (Fsp3) is 0.857. The summed E-state index contributed by atoms with van der Waals surface area (Å²) in [6.07, 6.45) is 1.35. The predicted molar refractivity (Wildman–Crippen MR) is 43.3 cm³/mol. The maximum Gasteiger partial charge on any atom is 0.303 e. The van der Waals surface area contributed by atoms with Gasteiger partial charge in [0.15, 0.2) is 0 Å². The van der Waals surface area contributed by atoms with Crippen LogP contribution in [0, 0.1) is 5.92 Å². The third kappa shape index (κ3) is 2.22. The Kier molecular flexibility index (Phi) is 2.55. The van der Waals surface area contributed by atoms with Crippen molar-refractivity contribution < 1.29 is 15.0 Å². The van der Waals surface area contributed by atoms with Gasteiger partial charge >= 0.3 is 5.97 Å². The molecule has 1 aliphatic carbocycles. The Hall–Kier alpha value is -0.505. The summed E-state index contributed by atoms with van der Waals surface area (Å²) in [7, 11) is 2.05. The fourth-order valence-corrected chi connectivity index (χ4v) is 1.82. The number of carboxylic acid groups (broad SMARTS) is 1. The zero-order valence-electron chi connectivity index (χ0n) is 6.66. The molecule has 0 radical (unpaired) electrons. The van der Waals surface area contributed by atoms with Crippen LogP contribution in [-0.4, -0.2) is 30.1 Å². The lowest BCUT2D eigenvalue weighted by molar-refractivity contribution is -0.138. The molecule has 0 saturated heterocycles. The van der Waals surface area contributed by atoms with Crippen molar-refractivity contribution in [2.75, 3.05) is 0 Å². The molecular formula is C7H13BO3. The van der Waals surface area contributed by atoms with Crippen molar-refractivity contribution in [2.45, 2.75) is 31.2 Å². The van der Waals surface area contributed by atoms with Gasteiger partial charge in [0.05, 0.1) is 12.5 Å². The van der Waals surface area contributed by atoms with Gasteiger partial charge in [-0.1, -0.05) is 12.2 Å². The Morgan fingerprint density at radius 1 is 1.55 bits per heavy atom. The minimum Gasteiger partial charge on any atom is -0.481 e. The van der Waals surface area contributed by atoms with Gasteiger partial charge < -0.3 is 10.2 Å². The molecule has 11 heavy (non-hydrogen) atoms. The SMILES string of the molecule is BC1CC(O)C(CC(=O)O)C1.